The molecule has 148 valence electrons. The molecule has 1 aromatic carbocycles. The number of carbonyl (C=O) groups is 1. The predicted molar refractivity (Wildman–Crippen MR) is 107 cm³/mol. The first-order valence-corrected chi connectivity index (χ1v) is 9.56. The number of hydrogen-bond acceptors (Lipinski definition) is 4. The highest BCUT2D eigenvalue weighted by Gasteiger charge is 2.27. The first-order chi connectivity index (χ1) is 14.0. The maximum Gasteiger partial charge on any atom is 0.339 e. The van der Waals surface area contributed by atoms with Crippen LogP contribution in [0.25, 0.3) is 27.8 Å². The zero-order chi connectivity index (χ0) is 20.3. The number of fused-ring (bicyclic) bond motifs is 2. The Kier molecular flexibility index (Phi) is 3.87. The lowest BCUT2D eigenvalue weighted by Crippen LogP contribution is -2.05. The second kappa shape index (κ2) is 6.34. The van der Waals surface area contributed by atoms with Crippen molar-refractivity contribution in [2.24, 2.45) is 5.92 Å². The SMILES string of the molecule is COC(=O)c1cc(F)c2c(C)c(-c3cc4cccc(O)c4n3CC3CC3)nn2c1. The summed E-state index contributed by atoms with van der Waals surface area (Å²) in [6.45, 7) is 2.59. The van der Waals surface area contributed by atoms with Crippen molar-refractivity contribution in [1.29, 1.82) is 0 Å². The number of halogens is 1. The molecule has 0 spiro atoms. The summed E-state index contributed by atoms with van der Waals surface area (Å²) in [7, 11) is 1.26. The molecule has 5 rings (SSSR count). The predicted octanol–water partition coefficient (Wildman–Crippen LogP) is 4.31. The third-order valence-electron chi connectivity index (χ3n) is 5.62. The second-order valence-corrected chi connectivity index (χ2v) is 7.63. The van der Waals surface area contributed by atoms with E-state index >= 15 is 0 Å². The monoisotopic (exact) mass is 393 g/mol. The molecule has 0 saturated heterocycles. The summed E-state index contributed by atoms with van der Waals surface area (Å²) < 4.78 is 23.0. The molecule has 3 aromatic heterocycles. The number of hydrogen-bond donors (Lipinski definition) is 1. The first kappa shape index (κ1) is 17.7. The third-order valence-corrected chi connectivity index (χ3v) is 5.62. The number of esters is 1. The Morgan fingerprint density at radius 3 is 2.83 bits per heavy atom. The van der Waals surface area contributed by atoms with Gasteiger partial charge in [-0.2, -0.15) is 5.10 Å². The average molecular weight is 393 g/mol. The van der Waals surface area contributed by atoms with E-state index in [0.29, 0.717) is 22.7 Å². The van der Waals surface area contributed by atoms with Gasteiger partial charge in [-0.1, -0.05) is 12.1 Å². The molecule has 0 atom stereocenters. The van der Waals surface area contributed by atoms with Gasteiger partial charge in [0.15, 0.2) is 0 Å². The van der Waals surface area contributed by atoms with Crippen LogP contribution < -0.4 is 0 Å². The van der Waals surface area contributed by atoms with E-state index in [1.54, 1.807) is 6.07 Å². The minimum Gasteiger partial charge on any atom is -0.506 e. The van der Waals surface area contributed by atoms with Crippen molar-refractivity contribution in [3.8, 4) is 17.1 Å². The van der Waals surface area contributed by atoms with Crippen LogP contribution in [0.2, 0.25) is 0 Å². The fourth-order valence-electron chi connectivity index (χ4n) is 3.99. The van der Waals surface area contributed by atoms with Gasteiger partial charge in [-0.05, 0) is 43.9 Å². The number of rotatable bonds is 4. The van der Waals surface area contributed by atoms with E-state index in [9.17, 15) is 14.3 Å². The number of nitrogens with zero attached hydrogens (tertiary/aromatic N) is 3. The number of methoxy groups -OCH3 is 1. The van der Waals surface area contributed by atoms with Crippen molar-refractivity contribution >= 4 is 22.4 Å². The van der Waals surface area contributed by atoms with Crippen LogP contribution in [-0.4, -0.2) is 32.4 Å². The summed E-state index contributed by atoms with van der Waals surface area (Å²) in [5.41, 5.74) is 3.32. The molecule has 7 heteroatoms. The normalized spacial score (nSPS) is 14.0. The molecule has 6 nitrogen and oxygen atoms in total. The number of carbonyl (C=O) groups excluding carboxylic acids is 1. The van der Waals surface area contributed by atoms with Crippen LogP contribution in [0.5, 0.6) is 5.75 Å². The van der Waals surface area contributed by atoms with Crippen molar-refractivity contribution in [1.82, 2.24) is 14.2 Å². The maximum atomic E-state index is 14.8. The van der Waals surface area contributed by atoms with Gasteiger partial charge in [0.05, 0.1) is 23.9 Å². The Labute approximate surface area is 166 Å². The van der Waals surface area contributed by atoms with Gasteiger partial charge in [0, 0.05) is 23.7 Å². The summed E-state index contributed by atoms with van der Waals surface area (Å²) in [5.74, 6) is -0.357. The molecular weight excluding hydrogens is 373 g/mol. The molecule has 0 unspecified atom stereocenters. The van der Waals surface area contributed by atoms with Crippen molar-refractivity contribution in [2.75, 3.05) is 7.11 Å². The van der Waals surface area contributed by atoms with Crippen LogP contribution >= 0.6 is 0 Å². The lowest BCUT2D eigenvalue weighted by atomic mass is 10.1. The van der Waals surface area contributed by atoms with Crippen LogP contribution in [0.15, 0.2) is 36.5 Å². The Morgan fingerprint density at radius 2 is 2.10 bits per heavy atom. The Hall–Kier alpha value is -3.35. The highest BCUT2D eigenvalue weighted by Crippen LogP contribution is 2.39. The molecule has 29 heavy (non-hydrogen) atoms. The zero-order valence-corrected chi connectivity index (χ0v) is 16.1. The number of aryl methyl sites for hydroxylation is 1. The van der Waals surface area contributed by atoms with E-state index in [1.807, 2.05) is 25.1 Å². The lowest BCUT2D eigenvalue weighted by Gasteiger charge is -2.10. The number of ether oxygens (including phenoxy) is 1. The summed E-state index contributed by atoms with van der Waals surface area (Å²) in [4.78, 5) is 11.8. The summed E-state index contributed by atoms with van der Waals surface area (Å²) in [6.07, 6.45) is 3.80. The fourth-order valence-corrected chi connectivity index (χ4v) is 3.99. The molecule has 1 aliphatic carbocycles. The number of aromatic nitrogens is 3. The number of aromatic hydroxyl groups is 1. The summed E-state index contributed by atoms with van der Waals surface area (Å²) in [6, 6.07) is 8.58. The van der Waals surface area contributed by atoms with Gasteiger partial charge in [0.25, 0.3) is 0 Å². The van der Waals surface area contributed by atoms with Crippen LogP contribution in [-0.2, 0) is 11.3 Å². The highest BCUT2D eigenvalue weighted by atomic mass is 19.1. The number of pyridine rings is 1. The van der Waals surface area contributed by atoms with E-state index in [0.717, 1.165) is 36.0 Å². The van der Waals surface area contributed by atoms with Crippen molar-refractivity contribution in [3.05, 3.63) is 53.5 Å². The maximum absolute atomic E-state index is 14.8. The van der Waals surface area contributed by atoms with Crippen LogP contribution in [0.4, 0.5) is 4.39 Å². The molecule has 1 saturated carbocycles. The molecule has 1 aliphatic rings. The van der Waals surface area contributed by atoms with Gasteiger partial charge in [0.2, 0.25) is 0 Å². The molecule has 0 amide bonds. The zero-order valence-electron chi connectivity index (χ0n) is 16.1. The van der Waals surface area contributed by atoms with Crippen LogP contribution in [0.1, 0.15) is 28.8 Å². The standard InChI is InChI=1S/C22H20FN3O3/c1-12-19(24-26-11-15(22(28)29-2)8-16(23)20(12)26)17-9-14-4-3-5-18(27)21(14)25(17)10-13-6-7-13/h3-5,8-9,11,13,27H,6-7,10H2,1-2H3. The van der Waals surface area contributed by atoms with Gasteiger partial charge in [-0.25, -0.2) is 13.7 Å². The van der Waals surface area contributed by atoms with E-state index in [4.69, 9.17) is 4.74 Å². The van der Waals surface area contributed by atoms with Crippen molar-refractivity contribution in [2.45, 2.75) is 26.3 Å². The molecule has 4 aromatic rings. The van der Waals surface area contributed by atoms with Gasteiger partial charge in [-0.15, -0.1) is 0 Å². The van der Waals surface area contributed by atoms with E-state index < -0.39 is 11.8 Å². The highest BCUT2D eigenvalue weighted by molar-refractivity contribution is 5.92. The molecule has 3 heterocycles. The smallest absolute Gasteiger partial charge is 0.339 e. The van der Waals surface area contributed by atoms with Crippen molar-refractivity contribution in [3.63, 3.8) is 0 Å². The van der Waals surface area contributed by atoms with Gasteiger partial charge in [0.1, 0.15) is 22.8 Å². The molecule has 0 bridgehead atoms. The minimum atomic E-state index is -0.617. The fraction of sp³-hybridized carbons (Fsp3) is 0.273. The summed E-state index contributed by atoms with van der Waals surface area (Å²) in [5, 5.41) is 16.0. The lowest BCUT2D eigenvalue weighted by molar-refractivity contribution is 0.0599. The quantitative estimate of drug-likeness (QED) is 0.525. The van der Waals surface area contributed by atoms with Gasteiger partial charge in [-0.3, -0.25) is 0 Å². The molecule has 1 N–H and O–H groups in total. The average Bonchev–Trinajstić information content (AvgIpc) is 3.35. The molecule has 0 aliphatic heterocycles. The summed E-state index contributed by atoms with van der Waals surface area (Å²) >= 11 is 0. The largest absolute Gasteiger partial charge is 0.506 e. The van der Waals surface area contributed by atoms with E-state index in [1.165, 1.54) is 23.9 Å². The topological polar surface area (TPSA) is 68.8 Å². The van der Waals surface area contributed by atoms with E-state index in [2.05, 4.69) is 9.67 Å². The van der Waals surface area contributed by atoms with Gasteiger partial charge < -0.3 is 14.4 Å². The Balaban J connectivity index is 1.76. The van der Waals surface area contributed by atoms with Crippen LogP contribution in [0, 0.1) is 18.7 Å². The Bertz CT molecular complexity index is 1280. The number of para-hydroxylation sites is 1. The molecule has 0 radical (unpaired) electrons. The van der Waals surface area contributed by atoms with Crippen molar-refractivity contribution < 1.29 is 19.0 Å². The number of phenols is 1. The first-order valence-electron chi connectivity index (χ1n) is 9.56. The minimum absolute atomic E-state index is 0.0997. The third kappa shape index (κ3) is 2.76. The Morgan fingerprint density at radius 1 is 1.31 bits per heavy atom. The molecule has 1 fully saturated rings. The number of benzene rings is 1. The van der Waals surface area contributed by atoms with E-state index in [-0.39, 0.29) is 11.3 Å². The second-order valence-electron chi connectivity index (χ2n) is 7.63. The molecular formula is C22H20FN3O3. The number of phenolic OH excluding ortho intramolecular Hbond substituents is 1. The van der Waals surface area contributed by atoms with Gasteiger partial charge >= 0.3 is 5.97 Å². The van der Waals surface area contributed by atoms with Crippen LogP contribution in [0.3, 0.4) is 0 Å².